The Bertz CT molecular complexity index is 1410. The lowest BCUT2D eigenvalue weighted by Gasteiger charge is -2.25. The van der Waals surface area contributed by atoms with E-state index < -0.39 is 0 Å². The molecule has 2 aromatic heterocycles. The third-order valence-electron chi connectivity index (χ3n) is 6.28. The van der Waals surface area contributed by atoms with Crippen LogP contribution in [0.25, 0.3) is 22.2 Å². The lowest BCUT2D eigenvalue weighted by molar-refractivity contribution is -0.127. The Balaban J connectivity index is 1.49. The summed E-state index contributed by atoms with van der Waals surface area (Å²) in [6.07, 6.45) is 3.71. The summed E-state index contributed by atoms with van der Waals surface area (Å²) < 4.78 is 14.0. The zero-order valence-electron chi connectivity index (χ0n) is 19.5. The number of aromatic nitrogens is 2. The molecule has 0 N–H and O–H groups in total. The highest BCUT2D eigenvalue weighted by Crippen LogP contribution is 2.29. The minimum atomic E-state index is -0.363. The molecule has 3 heterocycles. The maximum Gasteiger partial charge on any atom is 0.265 e. The van der Waals surface area contributed by atoms with Crippen LogP contribution in [0.15, 0.2) is 60.2 Å². The van der Waals surface area contributed by atoms with Gasteiger partial charge in [0.2, 0.25) is 5.91 Å². The van der Waals surface area contributed by atoms with Crippen molar-refractivity contribution >= 4 is 45.7 Å². The molecule has 2 aromatic carbocycles. The predicted molar refractivity (Wildman–Crippen MR) is 139 cm³/mol. The second kappa shape index (κ2) is 10.7. The van der Waals surface area contributed by atoms with Crippen molar-refractivity contribution in [3.63, 3.8) is 0 Å². The molecular formula is C27H24ClFN4O2S. The summed E-state index contributed by atoms with van der Waals surface area (Å²) in [6.45, 7) is 2.15. The number of hydrogen-bond acceptors (Lipinski definition) is 5. The van der Waals surface area contributed by atoms with E-state index in [-0.39, 0.29) is 17.6 Å². The summed E-state index contributed by atoms with van der Waals surface area (Å²) >= 11 is 7.56. The van der Waals surface area contributed by atoms with Crippen LogP contribution >= 0.6 is 22.9 Å². The summed E-state index contributed by atoms with van der Waals surface area (Å²) in [6, 6.07) is 13.8. The van der Waals surface area contributed by atoms with E-state index >= 15 is 0 Å². The van der Waals surface area contributed by atoms with Crippen LogP contribution < -0.4 is 0 Å². The molecule has 184 valence electrons. The van der Waals surface area contributed by atoms with Gasteiger partial charge in [-0.2, -0.15) is 0 Å². The molecule has 6 nitrogen and oxygen atoms in total. The quantitative estimate of drug-likeness (QED) is 0.293. The number of carbonyl (C=O) groups is 2. The fourth-order valence-corrected chi connectivity index (χ4v) is 5.30. The van der Waals surface area contributed by atoms with Crippen LogP contribution in [-0.4, -0.2) is 51.2 Å². The Kier molecular flexibility index (Phi) is 7.25. The topological polar surface area (TPSA) is 66.4 Å². The number of pyridine rings is 1. The molecule has 0 bridgehead atoms. The summed E-state index contributed by atoms with van der Waals surface area (Å²) in [4.78, 5) is 38.5. The average molecular weight is 523 g/mol. The van der Waals surface area contributed by atoms with Crippen LogP contribution in [0.1, 0.15) is 34.5 Å². The Morgan fingerprint density at radius 1 is 1.19 bits per heavy atom. The Morgan fingerprint density at radius 2 is 2.08 bits per heavy atom. The zero-order chi connectivity index (χ0) is 25.1. The molecule has 1 fully saturated rings. The van der Waals surface area contributed by atoms with Gasteiger partial charge in [-0.15, -0.1) is 11.3 Å². The maximum atomic E-state index is 14.0. The molecule has 0 radical (unpaired) electrons. The average Bonchev–Trinajstić information content (AvgIpc) is 3.55. The highest BCUT2D eigenvalue weighted by atomic mass is 35.5. The normalized spacial score (nSPS) is 13.5. The van der Waals surface area contributed by atoms with E-state index in [1.165, 1.54) is 23.5 Å². The van der Waals surface area contributed by atoms with Crippen LogP contribution in [0.3, 0.4) is 0 Å². The Labute approximate surface area is 217 Å². The minimum absolute atomic E-state index is 0.124. The number of carbonyl (C=O) groups excluding carboxylic acids is 2. The van der Waals surface area contributed by atoms with E-state index in [2.05, 4.69) is 4.98 Å². The predicted octanol–water partition coefficient (Wildman–Crippen LogP) is 5.81. The molecule has 0 aliphatic carbocycles. The summed E-state index contributed by atoms with van der Waals surface area (Å²) in [5.41, 5.74) is 4.43. The maximum absolute atomic E-state index is 14.0. The number of thiazole rings is 1. The van der Waals surface area contributed by atoms with Crippen molar-refractivity contribution < 1.29 is 14.0 Å². The third-order valence-corrected chi connectivity index (χ3v) is 7.27. The summed E-state index contributed by atoms with van der Waals surface area (Å²) in [5, 5.41) is 1.34. The molecular weight excluding hydrogens is 499 g/mol. The summed E-state index contributed by atoms with van der Waals surface area (Å²) in [7, 11) is 0. The fourth-order valence-electron chi connectivity index (χ4n) is 4.52. The molecule has 36 heavy (non-hydrogen) atoms. The first-order valence-electron chi connectivity index (χ1n) is 11.8. The number of rotatable bonds is 8. The minimum Gasteiger partial charge on any atom is -0.343 e. The number of benzene rings is 2. The van der Waals surface area contributed by atoms with Gasteiger partial charge >= 0.3 is 0 Å². The summed E-state index contributed by atoms with van der Waals surface area (Å²) in [5.74, 6) is -0.315. The van der Waals surface area contributed by atoms with Gasteiger partial charge in [0.05, 0.1) is 22.9 Å². The number of hydrogen-bond donors (Lipinski definition) is 0. The van der Waals surface area contributed by atoms with E-state index in [9.17, 15) is 14.0 Å². The van der Waals surface area contributed by atoms with Gasteiger partial charge in [-0.25, -0.2) is 9.37 Å². The van der Waals surface area contributed by atoms with Gasteiger partial charge in [-0.3, -0.25) is 14.6 Å². The van der Waals surface area contributed by atoms with E-state index in [4.69, 9.17) is 16.6 Å². The van der Waals surface area contributed by atoms with Crippen molar-refractivity contribution in [1.82, 2.24) is 19.8 Å². The van der Waals surface area contributed by atoms with Crippen molar-refractivity contribution in [3.05, 3.63) is 81.5 Å². The lowest BCUT2D eigenvalue weighted by atomic mass is 10.0. The molecule has 1 aliphatic heterocycles. The SMILES string of the molecule is O=C1CCCN1CCCN(Cc1cc2ccc(F)cc2nc1-c1cccc(Cl)c1)C(=O)c1cncs1. The van der Waals surface area contributed by atoms with Gasteiger partial charge in [-0.05, 0) is 48.7 Å². The van der Waals surface area contributed by atoms with Crippen molar-refractivity contribution in [3.8, 4) is 11.3 Å². The van der Waals surface area contributed by atoms with E-state index in [0.717, 1.165) is 29.5 Å². The lowest BCUT2D eigenvalue weighted by Crippen LogP contribution is -2.34. The van der Waals surface area contributed by atoms with E-state index in [1.54, 1.807) is 28.7 Å². The highest BCUT2D eigenvalue weighted by Gasteiger charge is 2.23. The molecule has 9 heteroatoms. The van der Waals surface area contributed by atoms with Crippen molar-refractivity contribution in [2.45, 2.75) is 25.8 Å². The standard InChI is InChI=1S/C27H24ClFN4O2S/c28-21-5-1-4-19(13-21)26-20(12-18-7-8-22(29)14-23(18)31-26)16-33(27(35)24-15-30-17-36-24)11-3-10-32-9-2-6-25(32)34/h1,4-5,7-8,12-15,17H,2-3,6,9-11,16H2. The van der Waals surface area contributed by atoms with E-state index in [1.807, 2.05) is 29.2 Å². The molecule has 5 rings (SSSR count). The molecule has 1 saturated heterocycles. The fraction of sp³-hybridized carbons (Fsp3) is 0.259. The van der Waals surface area contributed by atoms with Gasteiger partial charge in [0, 0.05) is 54.6 Å². The molecule has 4 aromatic rings. The molecule has 0 spiro atoms. The van der Waals surface area contributed by atoms with Gasteiger partial charge in [-0.1, -0.05) is 23.7 Å². The van der Waals surface area contributed by atoms with Crippen LogP contribution in [0.2, 0.25) is 5.02 Å². The first-order valence-corrected chi connectivity index (χ1v) is 13.0. The largest absolute Gasteiger partial charge is 0.343 e. The second-order valence-corrected chi connectivity index (χ2v) is 10.1. The van der Waals surface area contributed by atoms with Crippen LogP contribution in [0, 0.1) is 5.82 Å². The van der Waals surface area contributed by atoms with Crippen molar-refractivity contribution in [1.29, 1.82) is 0 Å². The third kappa shape index (κ3) is 5.39. The molecule has 1 aliphatic rings. The van der Waals surface area contributed by atoms with Gasteiger partial charge in [0.1, 0.15) is 10.7 Å². The number of nitrogens with zero attached hydrogens (tertiary/aromatic N) is 4. The number of likely N-dealkylation sites (tertiary alicyclic amines) is 1. The second-order valence-electron chi connectivity index (χ2n) is 8.77. The monoisotopic (exact) mass is 522 g/mol. The van der Waals surface area contributed by atoms with Crippen LogP contribution in [-0.2, 0) is 11.3 Å². The number of amides is 2. The van der Waals surface area contributed by atoms with Gasteiger partial charge < -0.3 is 9.80 Å². The number of halogens is 2. The Morgan fingerprint density at radius 3 is 2.83 bits per heavy atom. The molecule has 0 unspecified atom stereocenters. The van der Waals surface area contributed by atoms with E-state index in [0.29, 0.717) is 53.6 Å². The van der Waals surface area contributed by atoms with Gasteiger partial charge in [0.15, 0.2) is 0 Å². The zero-order valence-corrected chi connectivity index (χ0v) is 21.1. The van der Waals surface area contributed by atoms with Crippen LogP contribution in [0.4, 0.5) is 4.39 Å². The highest BCUT2D eigenvalue weighted by molar-refractivity contribution is 7.11. The Hall–Kier alpha value is -3.36. The first-order chi connectivity index (χ1) is 17.5. The van der Waals surface area contributed by atoms with Crippen molar-refractivity contribution in [2.75, 3.05) is 19.6 Å². The first kappa shape index (κ1) is 24.3. The molecule has 2 amide bonds. The van der Waals surface area contributed by atoms with Gasteiger partial charge in [0.25, 0.3) is 5.91 Å². The molecule has 0 atom stereocenters. The van der Waals surface area contributed by atoms with Crippen molar-refractivity contribution in [2.24, 2.45) is 0 Å². The van der Waals surface area contributed by atoms with Crippen LogP contribution in [0.5, 0.6) is 0 Å². The number of fused-ring (bicyclic) bond motifs is 1. The molecule has 0 saturated carbocycles. The smallest absolute Gasteiger partial charge is 0.265 e.